The second-order valence-corrected chi connectivity index (χ2v) is 4.41. The summed E-state index contributed by atoms with van der Waals surface area (Å²) in [6.45, 7) is 0. The average Bonchev–Trinajstić information content (AvgIpc) is 2.52. The number of carbonyl (C=O) groups is 1. The molecule has 0 saturated carbocycles. The Kier molecular flexibility index (Phi) is 2.96. The van der Waals surface area contributed by atoms with E-state index in [0.717, 1.165) is 21.1 Å². The van der Waals surface area contributed by atoms with E-state index in [4.69, 9.17) is 5.11 Å². The van der Waals surface area contributed by atoms with Gasteiger partial charge in [-0.1, -0.05) is 6.07 Å². The number of carboxylic acid groups (broad SMARTS) is 1. The van der Waals surface area contributed by atoms with Crippen LogP contribution in [0.1, 0.15) is 12.0 Å². The molecule has 0 unspecified atom stereocenters. The zero-order chi connectivity index (χ0) is 11.7. The molecule has 0 saturated heterocycles. The lowest BCUT2D eigenvalue weighted by atomic mass is 10.1. The summed E-state index contributed by atoms with van der Waals surface area (Å²) in [5.74, 6) is -0.773. The van der Waals surface area contributed by atoms with Crippen molar-refractivity contribution < 1.29 is 9.90 Å². The van der Waals surface area contributed by atoms with E-state index in [1.807, 2.05) is 25.2 Å². The van der Waals surface area contributed by atoms with Crippen LogP contribution in [-0.2, 0) is 18.3 Å². The monoisotopic (exact) mass is 282 g/mol. The second kappa shape index (κ2) is 4.25. The maximum Gasteiger partial charge on any atom is 0.303 e. The number of benzene rings is 1. The molecule has 0 aliphatic heterocycles. The molecule has 1 N–H and O–H groups in total. The van der Waals surface area contributed by atoms with Gasteiger partial charge in [0, 0.05) is 18.9 Å². The highest BCUT2D eigenvalue weighted by Gasteiger charge is 2.07. The van der Waals surface area contributed by atoms with Gasteiger partial charge in [0.1, 0.15) is 4.60 Å². The van der Waals surface area contributed by atoms with Crippen LogP contribution < -0.4 is 0 Å². The number of aromatic nitrogens is 2. The third kappa shape index (κ3) is 2.09. The van der Waals surface area contributed by atoms with Crippen LogP contribution in [0.4, 0.5) is 0 Å². The van der Waals surface area contributed by atoms with Crippen LogP contribution in [0.2, 0.25) is 0 Å². The predicted molar refractivity (Wildman–Crippen MR) is 64.4 cm³/mol. The van der Waals surface area contributed by atoms with E-state index in [1.54, 1.807) is 4.68 Å². The van der Waals surface area contributed by atoms with Crippen molar-refractivity contribution in [3.05, 3.63) is 28.4 Å². The summed E-state index contributed by atoms with van der Waals surface area (Å²) in [7, 11) is 1.86. The Morgan fingerprint density at radius 3 is 3.00 bits per heavy atom. The lowest BCUT2D eigenvalue weighted by Crippen LogP contribution is -1.97. The van der Waals surface area contributed by atoms with E-state index in [1.165, 1.54) is 0 Å². The van der Waals surface area contributed by atoms with Crippen molar-refractivity contribution in [1.29, 1.82) is 0 Å². The minimum absolute atomic E-state index is 0.156. The Morgan fingerprint density at radius 1 is 1.56 bits per heavy atom. The summed E-state index contributed by atoms with van der Waals surface area (Å²) in [4.78, 5) is 10.5. The van der Waals surface area contributed by atoms with Gasteiger partial charge in [-0.3, -0.25) is 9.48 Å². The fraction of sp³-hybridized carbons (Fsp3) is 0.273. The van der Waals surface area contributed by atoms with E-state index in [-0.39, 0.29) is 6.42 Å². The summed E-state index contributed by atoms with van der Waals surface area (Å²) in [6, 6.07) is 5.82. The molecule has 1 heterocycles. The van der Waals surface area contributed by atoms with Gasteiger partial charge in [-0.05, 0) is 40.0 Å². The summed E-state index contributed by atoms with van der Waals surface area (Å²) in [5, 5.41) is 13.9. The van der Waals surface area contributed by atoms with Gasteiger partial charge in [-0.25, -0.2) is 0 Å². The first-order valence-corrected chi connectivity index (χ1v) is 5.70. The second-order valence-electron chi connectivity index (χ2n) is 3.66. The normalized spacial score (nSPS) is 10.9. The van der Waals surface area contributed by atoms with Crippen LogP contribution in [0.25, 0.3) is 10.9 Å². The third-order valence-corrected chi connectivity index (χ3v) is 3.39. The number of rotatable bonds is 3. The van der Waals surface area contributed by atoms with Gasteiger partial charge >= 0.3 is 5.97 Å². The maximum absolute atomic E-state index is 10.5. The van der Waals surface area contributed by atoms with Crippen molar-refractivity contribution in [1.82, 2.24) is 9.78 Å². The molecule has 0 atom stereocenters. The molecular weight excluding hydrogens is 272 g/mol. The van der Waals surface area contributed by atoms with Crippen molar-refractivity contribution in [2.45, 2.75) is 12.8 Å². The van der Waals surface area contributed by atoms with E-state index in [9.17, 15) is 4.79 Å². The quantitative estimate of drug-likeness (QED) is 0.940. The van der Waals surface area contributed by atoms with Gasteiger partial charge < -0.3 is 5.11 Å². The molecule has 0 bridgehead atoms. The van der Waals surface area contributed by atoms with Gasteiger partial charge in [0.25, 0.3) is 0 Å². The smallest absolute Gasteiger partial charge is 0.303 e. The number of fused-ring (bicyclic) bond motifs is 1. The molecule has 0 aliphatic carbocycles. The minimum Gasteiger partial charge on any atom is -0.481 e. The highest BCUT2D eigenvalue weighted by Crippen LogP contribution is 2.24. The van der Waals surface area contributed by atoms with Crippen molar-refractivity contribution in [3.63, 3.8) is 0 Å². The Balaban J connectivity index is 2.35. The first kappa shape index (κ1) is 11.1. The summed E-state index contributed by atoms with van der Waals surface area (Å²) >= 11 is 3.45. The Hall–Kier alpha value is -1.36. The fourth-order valence-corrected chi connectivity index (χ4v) is 2.02. The zero-order valence-corrected chi connectivity index (χ0v) is 10.4. The van der Waals surface area contributed by atoms with Crippen LogP contribution in [0.3, 0.4) is 0 Å². The molecule has 0 amide bonds. The van der Waals surface area contributed by atoms with Crippen LogP contribution in [0.5, 0.6) is 0 Å². The molecule has 84 valence electrons. The molecule has 2 aromatic rings. The third-order valence-electron chi connectivity index (χ3n) is 2.45. The van der Waals surface area contributed by atoms with Crippen molar-refractivity contribution in [2.24, 2.45) is 7.05 Å². The molecule has 2 rings (SSSR count). The van der Waals surface area contributed by atoms with Crippen molar-refractivity contribution in [2.75, 3.05) is 0 Å². The van der Waals surface area contributed by atoms with Crippen LogP contribution >= 0.6 is 15.9 Å². The van der Waals surface area contributed by atoms with E-state index in [0.29, 0.717) is 6.42 Å². The molecule has 0 fully saturated rings. The number of nitrogens with zero attached hydrogens (tertiary/aromatic N) is 2. The van der Waals surface area contributed by atoms with Crippen molar-refractivity contribution in [3.8, 4) is 0 Å². The van der Waals surface area contributed by atoms with Crippen molar-refractivity contribution >= 4 is 32.8 Å². The first-order chi connectivity index (χ1) is 7.58. The topological polar surface area (TPSA) is 55.1 Å². The SMILES string of the molecule is Cn1nc2ccc(CCC(=O)O)cc2c1Br. The first-order valence-electron chi connectivity index (χ1n) is 4.91. The lowest BCUT2D eigenvalue weighted by Gasteiger charge is -1.98. The molecule has 0 aliphatic rings. The molecule has 0 spiro atoms. The molecular formula is C11H11BrN2O2. The number of hydrogen-bond donors (Lipinski definition) is 1. The molecule has 1 aromatic heterocycles. The molecule has 4 nitrogen and oxygen atoms in total. The van der Waals surface area contributed by atoms with Crippen LogP contribution in [0, 0.1) is 0 Å². The highest BCUT2D eigenvalue weighted by atomic mass is 79.9. The summed E-state index contributed by atoms with van der Waals surface area (Å²) < 4.78 is 2.67. The summed E-state index contributed by atoms with van der Waals surface area (Å²) in [6.07, 6.45) is 0.704. The van der Waals surface area contributed by atoms with Gasteiger partial charge in [-0.2, -0.15) is 5.10 Å². The number of hydrogen-bond acceptors (Lipinski definition) is 2. The van der Waals surface area contributed by atoms with Gasteiger partial charge in [0.15, 0.2) is 0 Å². The number of aryl methyl sites for hydroxylation is 2. The number of aliphatic carboxylic acids is 1. The Morgan fingerprint density at radius 2 is 2.31 bits per heavy atom. The molecule has 5 heteroatoms. The largest absolute Gasteiger partial charge is 0.481 e. The van der Waals surface area contributed by atoms with Gasteiger partial charge in [-0.15, -0.1) is 0 Å². The fourth-order valence-electron chi connectivity index (χ4n) is 1.62. The maximum atomic E-state index is 10.5. The predicted octanol–water partition coefficient (Wildman–Crippen LogP) is 2.35. The lowest BCUT2D eigenvalue weighted by molar-refractivity contribution is -0.136. The number of carboxylic acids is 1. The summed E-state index contributed by atoms with van der Waals surface area (Å²) in [5.41, 5.74) is 1.93. The zero-order valence-electron chi connectivity index (χ0n) is 8.77. The minimum atomic E-state index is -0.773. The van der Waals surface area contributed by atoms with E-state index >= 15 is 0 Å². The molecule has 0 radical (unpaired) electrons. The average molecular weight is 283 g/mol. The molecule has 16 heavy (non-hydrogen) atoms. The Labute approximate surface area is 101 Å². The van der Waals surface area contributed by atoms with E-state index in [2.05, 4.69) is 21.0 Å². The van der Waals surface area contributed by atoms with E-state index < -0.39 is 5.97 Å². The highest BCUT2D eigenvalue weighted by molar-refractivity contribution is 9.10. The Bertz CT molecular complexity index is 548. The standard InChI is InChI=1S/C11H11BrN2O2/c1-14-11(12)8-6-7(3-5-10(15)16)2-4-9(8)13-14/h2,4,6H,3,5H2,1H3,(H,15,16). The van der Waals surface area contributed by atoms with Gasteiger partial charge in [0.05, 0.1) is 5.52 Å². The number of halogens is 1. The van der Waals surface area contributed by atoms with Crippen LogP contribution in [0.15, 0.2) is 22.8 Å². The van der Waals surface area contributed by atoms with Crippen LogP contribution in [-0.4, -0.2) is 20.9 Å². The molecule has 1 aromatic carbocycles. The van der Waals surface area contributed by atoms with Gasteiger partial charge in [0.2, 0.25) is 0 Å².